The van der Waals surface area contributed by atoms with Crippen molar-refractivity contribution in [3.05, 3.63) is 23.8 Å². The van der Waals surface area contributed by atoms with Gasteiger partial charge in [0.2, 0.25) is 0 Å². The molecule has 2 atom stereocenters. The standard InChI is InChI=1S/C15H23NO3/c1-6-18-13-11-9-10(16-4)7-8-12(11)19-15(2,3)14(13)17-5/h7-9,13-14,16H,6H2,1-5H3. The highest BCUT2D eigenvalue weighted by molar-refractivity contribution is 5.53. The minimum absolute atomic E-state index is 0.109. The molecule has 0 aliphatic carbocycles. The monoisotopic (exact) mass is 265 g/mol. The predicted molar refractivity (Wildman–Crippen MR) is 75.9 cm³/mol. The molecule has 0 bridgehead atoms. The second kappa shape index (κ2) is 5.39. The van der Waals surface area contributed by atoms with E-state index in [0.717, 1.165) is 17.0 Å². The fourth-order valence-corrected chi connectivity index (χ4v) is 2.65. The highest BCUT2D eigenvalue weighted by Gasteiger charge is 2.44. The zero-order valence-corrected chi connectivity index (χ0v) is 12.3. The van der Waals surface area contributed by atoms with Gasteiger partial charge in [-0.1, -0.05) is 0 Å². The van der Waals surface area contributed by atoms with Gasteiger partial charge in [0.25, 0.3) is 0 Å². The lowest BCUT2D eigenvalue weighted by Gasteiger charge is -2.43. The van der Waals surface area contributed by atoms with E-state index in [4.69, 9.17) is 14.2 Å². The Labute approximate surface area is 115 Å². The summed E-state index contributed by atoms with van der Waals surface area (Å²) in [6.45, 7) is 6.70. The predicted octanol–water partition coefficient (Wildman–Crippen LogP) is 2.99. The third-order valence-corrected chi connectivity index (χ3v) is 3.54. The fraction of sp³-hybridized carbons (Fsp3) is 0.600. The second-order valence-corrected chi connectivity index (χ2v) is 5.24. The third kappa shape index (κ3) is 2.55. The van der Waals surface area contributed by atoms with Crippen molar-refractivity contribution in [2.75, 3.05) is 26.1 Å². The maximum absolute atomic E-state index is 6.07. The molecule has 1 N–H and O–H groups in total. The molecule has 1 aromatic carbocycles. The minimum atomic E-state index is -0.414. The first-order valence-corrected chi connectivity index (χ1v) is 6.68. The minimum Gasteiger partial charge on any atom is -0.485 e. The summed E-state index contributed by atoms with van der Waals surface area (Å²) in [5, 5.41) is 3.14. The average molecular weight is 265 g/mol. The van der Waals surface area contributed by atoms with Gasteiger partial charge in [-0.05, 0) is 39.0 Å². The molecule has 0 amide bonds. The van der Waals surface area contributed by atoms with Gasteiger partial charge >= 0.3 is 0 Å². The van der Waals surface area contributed by atoms with Gasteiger partial charge in [0.05, 0.1) is 0 Å². The molecule has 0 spiro atoms. The number of benzene rings is 1. The van der Waals surface area contributed by atoms with Crippen LogP contribution in [0.1, 0.15) is 32.4 Å². The summed E-state index contributed by atoms with van der Waals surface area (Å²) in [5.74, 6) is 0.871. The van der Waals surface area contributed by atoms with Gasteiger partial charge in [0, 0.05) is 32.0 Å². The fourth-order valence-electron chi connectivity index (χ4n) is 2.65. The van der Waals surface area contributed by atoms with Gasteiger partial charge in [0.1, 0.15) is 23.6 Å². The molecule has 0 aromatic heterocycles. The topological polar surface area (TPSA) is 39.7 Å². The van der Waals surface area contributed by atoms with Crippen molar-refractivity contribution in [3.63, 3.8) is 0 Å². The molecule has 4 nitrogen and oxygen atoms in total. The Bertz CT molecular complexity index is 445. The first kappa shape index (κ1) is 14.2. The van der Waals surface area contributed by atoms with Crippen LogP contribution >= 0.6 is 0 Å². The van der Waals surface area contributed by atoms with Crippen LogP contribution in [0.15, 0.2) is 18.2 Å². The SMILES string of the molecule is CCOC1c2cc(NC)ccc2OC(C)(C)C1OC. The number of fused-ring (bicyclic) bond motifs is 1. The molecule has 1 aliphatic heterocycles. The van der Waals surface area contributed by atoms with Crippen LogP contribution in [0.4, 0.5) is 5.69 Å². The lowest BCUT2D eigenvalue weighted by molar-refractivity contribution is -0.148. The summed E-state index contributed by atoms with van der Waals surface area (Å²) in [6.07, 6.45) is -0.242. The van der Waals surface area contributed by atoms with Crippen molar-refractivity contribution in [2.45, 2.75) is 38.6 Å². The molecular formula is C15H23NO3. The van der Waals surface area contributed by atoms with Crippen LogP contribution in [-0.4, -0.2) is 32.5 Å². The van der Waals surface area contributed by atoms with E-state index in [1.54, 1.807) is 7.11 Å². The first-order chi connectivity index (χ1) is 9.03. The highest BCUT2D eigenvalue weighted by Crippen LogP contribution is 2.43. The van der Waals surface area contributed by atoms with Gasteiger partial charge in [-0.2, -0.15) is 0 Å². The van der Waals surface area contributed by atoms with Crippen LogP contribution in [-0.2, 0) is 9.47 Å². The Morgan fingerprint density at radius 3 is 2.68 bits per heavy atom. The Morgan fingerprint density at radius 1 is 1.37 bits per heavy atom. The Hall–Kier alpha value is -1.26. The lowest BCUT2D eigenvalue weighted by Crippen LogP contribution is -2.50. The smallest absolute Gasteiger partial charge is 0.132 e. The van der Waals surface area contributed by atoms with Crippen molar-refractivity contribution in [1.29, 1.82) is 0 Å². The largest absolute Gasteiger partial charge is 0.485 e. The molecule has 0 radical (unpaired) electrons. The van der Waals surface area contributed by atoms with E-state index in [1.807, 2.05) is 40.0 Å². The normalized spacial score (nSPS) is 24.5. The van der Waals surface area contributed by atoms with Crippen molar-refractivity contribution in [2.24, 2.45) is 0 Å². The lowest BCUT2D eigenvalue weighted by atomic mass is 9.88. The molecule has 1 heterocycles. The molecule has 1 aromatic rings. The summed E-state index contributed by atoms with van der Waals surface area (Å²) in [5.41, 5.74) is 1.67. The molecule has 1 aliphatic rings. The van der Waals surface area contributed by atoms with Crippen LogP contribution in [0.25, 0.3) is 0 Å². The van der Waals surface area contributed by atoms with Crippen molar-refractivity contribution in [3.8, 4) is 5.75 Å². The summed E-state index contributed by atoms with van der Waals surface area (Å²) in [7, 11) is 3.60. The number of anilines is 1. The maximum atomic E-state index is 6.07. The van der Waals surface area contributed by atoms with E-state index in [9.17, 15) is 0 Å². The first-order valence-electron chi connectivity index (χ1n) is 6.68. The summed E-state index contributed by atoms with van der Waals surface area (Å²) in [6, 6.07) is 6.06. The average Bonchev–Trinajstić information content (AvgIpc) is 2.38. The summed E-state index contributed by atoms with van der Waals surface area (Å²) in [4.78, 5) is 0. The maximum Gasteiger partial charge on any atom is 0.132 e. The van der Waals surface area contributed by atoms with Crippen molar-refractivity contribution >= 4 is 5.69 Å². The number of nitrogens with one attached hydrogen (secondary N) is 1. The van der Waals surface area contributed by atoms with Crippen LogP contribution in [0.5, 0.6) is 5.75 Å². The van der Waals surface area contributed by atoms with E-state index in [0.29, 0.717) is 6.61 Å². The number of ether oxygens (including phenoxy) is 3. The highest BCUT2D eigenvalue weighted by atomic mass is 16.6. The van der Waals surface area contributed by atoms with Gasteiger partial charge < -0.3 is 19.5 Å². The van der Waals surface area contributed by atoms with E-state index < -0.39 is 5.60 Å². The molecule has 2 rings (SSSR count). The summed E-state index contributed by atoms with van der Waals surface area (Å²) < 4.78 is 17.6. The number of hydrogen-bond acceptors (Lipinski definition) is 4. The molecule has 2 unspecified atom stereocenters. The second-order valence-electron chi connectivity index (χ2n) is 5.24. The zero-order valence-electron chi connectivity index (χ0n) is 12.3. The molecule has 0 saturated carbocycles. The molecule has 4 heteroatoms. The van der Waals surface area contributed by atoms with Gasteiger partial charge in [-0.25, -0.2) is 0 Å². The Morgan fingerprint density at radius 2 is 2.11 bits per heavy atom. The molecule has 19 heavy (non-hydrogen) atoms. The zero-order chi connectivity index (χ0) is 14.0. The quantitative estimate of drug-likeness (QED) is 0.908. The van der Waals surface area contributed by atoms with Gasteiger partial charge in [-0.3, -0.25) is 0 Å². The van der Waals surface area contributed by atoms with E-state index in [-0.39, 0.29) is 12.2 Å². The molecular weight excluding hydrogens is 242 g/mol. The number of hydrogen-bond donors (Lipinski definition) is 1. The van der Waals surface area contributed by atoms with Gasteiger partial charge in [-0.15, -0.1) is 0 Å². The van der Waals surface area contributed by atoms with E-state index in [2.05, 4.69) is 11.4 Å². The van der Waals surface area contributed by atoms with Crippen molar-refractivity contribution < 1.29 is 14.2 Å². The summed E-state index contributed by atoms with van der Waals surface area (Å²) >= 11 is 0. The molecule has 106 valence electrons. The van der Waals surface area contributed by atoms with Crippen LogP contribution in [0, 0.1) is 0 Å². The van der Waals surface area contributed by atoms with Crippen LogP contribution in [0.2, 0.25) is 0 Å². The molecule has 0 saturated heterocycles. The van der Waals surface area contributed by atoms with Crippen LogP contribution < -0.4 is 10.1 Å². The van der Waals surface area contributed by atoms with Crippen molar-refractivity contribution in [1.82, 2.24) is 0 Å². The molecule has 0 fully saturated rings. The van der Waals surface area contributed by atoms with E-state index >= 15 is 0 Å². The third-order valence-electron chi connectivity index (χ3n) is 3.54. The number of rotatable bonds is 4. The van der Waals surface area contributed by atoms with E-state index in [1.165, 1.54) is 0 Å². The number of methoxy groups -OCH3 is 1. The Kier molecular flexibility index (Phi) is 4.02. The Balaban J connectivity index is 2.48. The van der Waals surface area contributed by atoms with Gasteiger partial charge in [0.15, 0.2) is 0 Å². The van der Waals surface area contributed by atoms with Crippen LogP contribution in [0.3, 0.4) is 0 Å².